The van der Waals surface area contributed by atoms with E-state index in [0.717, 1.165) is 30.4 Å². The van der Waals surface area contributed by atoms with E-state index >= 15 is 0 Å². The molecule has 0 aromatic heterocycles. The van der Waals surface area contributed by atoms with Crippen molar-refractivity contribution in [3.05, 3.63) is 34.3 Å². The molecule has 1 heterocycles. The Hall–Kier alpha value is -0.380. The van der Waals surface area contributed by atoms with Crippen molar-refractivity contribution in [2.75, 3.05) is 26.7 Å². The van der Waals surface area contributed by atoms with E-state index in [2.05, 4.69) is 46.1 Å². The molecule has 1 aromatic carbocycles. The van der Waals surface area contributed by atoms with Crippen molar-refractivity contribution < 1.29 is 5.11 Å². The molecule has 17 heavy (non-hydrogen) atoms. The summed E-state index contributed by atoms with van der Waals surface area (Å²) in [5, 5.41) is 9.77. The monoisotopic (exact) mass is 297 g/mol. The van der Waals surface area contributed by atoms with E-state index in [4.69, 9.17) is 0 Å². The first-order valence-corrected chi connectivity index (χ1v) is 6.97. The summed E-state index contributed by atoms with van der Waals surface area (Å²) >= 11 is 3.60. The number of aliphatic hydroxyl groups is 1. The van der Waals surface area contributed by atoms with E-state index in [1.807, 2.05) is 6.07 Å². The molecule has 2 nitrogen and oxygen atoms in total. The van der Waals surface area contributed by atoms with Crippen LogP contribution >= 0.6 is 15.9 Å². The minimum absolute atomic E-state index is 0.0386. The smallest absolute Gasteiger partial charge is 0.0502 e. The lowest BCUT2D eigenvalue weighted by Crippen LogP contribution is -2.44. The molecule has 1 unspecified atom stereocenters. The zero-order chi connectivity index (χ0) is 12.3. The quantitative estimate of drug-likeness (QED) is 0.927. The van der Waals surface area contributed by atoms with Gasteiger partial charge in [0, 0.05) is 16.4 Å². The van der Waals surface area contributed by atoms with Crippen LogP contribution < -0.4 is 0 Å². The number of likely N-dealkylation sites (tertiary alicyclic amines) is 1. The average Bonchev–Trinajstić information content (AvgIpc) is 2.32. The van der Waals surface area contributed by atoms with Gasteiger partial charge in [-0.1, -0.05) is 34.1 Å². The number of hydrogen-bond acceptors (Lipinski definition) is 2. The molecule has 1 saturated heterocycles. The maximum absolute atomic E-state index is 9.77. The van der Waals surface area contributed by atoms with Crippen LogP contribution in [0.3, 0.4) is 0 Å². The molecule has 0 radical (unpaired) electrons. The Balaban J connectivity index is 2.17. The van der Waals surface area contributed by atoms with Gasteiger partial charge < -0.3 is 10.0 Å². The topological polar surface area (TPSA) is 23.5 Å². The van der Waals surface area contributed by atoms with Gasteiger partial charge in [-0.2, -0.15) is 0 Å². The highest BCUT2D eigenvalue weighted by molar-refractivity contribution is 9.10. The molecule has 1 atom stereocenters. The van der Waals surface area contributed by atoms with Crippen LogP contribution in [0.4, 0.5) is 0 Å². The van der Waals surface area contributed by atoms with Crippen LogP contribution in [-0.2, 0) is 6.42 Å². The molecule has 3 heteroatoms. The number of halogens is 1. The molecule has 0 amide bonds. The molecule has 1 aliphatic heterocycles. The third-order valence-electron chi connectivity index (χ3n) is 3.71. The lowest BCUT2D eigenvalue weighted by atomic mass is 9.76. The van der Waals surface area contributed by atoms with Crippen LogP contribution in [0.15, 0.2) is 28.7 Å². The summed E-state index contributed by atoms with van der Waals surface area (Å²) in [6, 6.07) is 8.33. The number of hydrogen-bond donors (Lipinski definition) is 1. The average molecular weight is 298 g/mol. The largest absolute Gasteiger partial charge is 0.396 e. The van der Waals surface area contributed by atoms with E-state index in [9.17, 15) is 5.11 Å². The fourth-order valence-corrected chi connectivity index (χ4v) is 3.25. The molecule has 0 aliphatic carbocycles. The number of aliphatic hydroxyl groups excluding tert-OH is 1. The predicted octanol–water partition coefficient (Wildman–Crippen LogP) is 2.70. The molecule has 1 aromatic rings. The van der Waals surface area contributed by atoms with Crippen LogP contribution in [-0.4, -0.2) is 36.8 Å². The first-order chi connectivity index (χ1) is 8.15. The second kappa shape index (κ2) is 5.51. The van der Waals surface area contributed by atoms with Crippen LogP contribution in [0.25, 0.3) is 0 Å². The summed E-state index contributed by atoms with van der Waals surface area (Å²) in [7, 11) is 2.14. The lowest BCUT2D eigenvalue weighted by molar-refractivity contribution is 0.0438. The van der Waals surface area contributed by atoms with Crippen LogP contribution in [0.2, 0.25) is 0 Å². The first-order valence-electron chi connectivity index (χ1n) is 6.18. The summed E-state index contributed by atoms with van der Waals surface area (Å²) in [4.78, 5) is 2.33. The van der Waals surface area contributed by atoms with Gasteiger partial charge in [0.1, 0.15) is 0 Å². The molecule has 0 bridgehead atoms. The van der Waals surface area contributed by atoms with Gasteiger partial charge in [-0.15, -0.1) is 0 Å². The summed E-state index contributed by atoms with van der Waals surface area (Å²) < 4.78 is 1.15. The standard InChI is InChI=1S/C14H20BrNO/c1-16-8-4-7-14(10-16,11-17)9-12-5-2-3-6-13(12)15/h2-3,5-6,17H,4,7-11H2,1H3. The van der Waals surface area contributed by atoms with Gasteiger partial charge in [0.05, 0.1) is 6.61 Å². The van der Waals surface area contributed by atoms with Gasteiger partial charge in [0.15, 0.2) is 0 Å². The molecule has 0 saturated carbocycles. The van der Waals surface area contributed by atoms with Crippen molar-refractivity contribution in [2.24, 2.45) is 5.41 Å². The van der Waals surface area contributed by atoms with Crippen molar-refractivity contribution in [3.63, 3.8) is 0 Å². The van der Waals surface area contributed by atoms with Gasteiger partial charge in [-0.3, -0.25) is 0 Å². The van der Waals surface area contributed by atoms with Crippen molar-refractivity contribution in [1.82, 2.24) is 4.90 Å². The summed E-state index contributed by atoms with van der Waals surface area (Å²) in [5.41, 5.74) is 1.34. The Morgan fingerprint density at radius 1 is 1.41 bits per heavy atom. The zero-order valence-electron chi connectivity index (χ0n) is 10.3. The van der Waals surface area contributed by atoms with Crippen molar-refractivity contribution in [3.8, 4) is 0 Å². The van der Waals surface area contributed by atoms with Gasteiger partial charge >= 0.3 is 0 Å². The second-order valence-corrected chi connectivity index (χ2v) is 6.12. The summed E-state index contributed by atoms with van der Waals surface area (Å²) in [6.45, 7) is 2.42. The van der Waals surface area contributed by atoms with E-state index in [0.29, 0.717) is 0 Å². The van der Waals surface area contributed by atoms with E-state index < -0.39 is 0 Å². The maximum Gasteiger partial charge on any atom is 0.0502 e. The highest BCUT2D eigenvalue weighted by Crippen LogP contribution is 2.34. The summed E-state index contributed by atoms with van der Waals surface area (Å²) in [5.74, 6) is 0. The number of rotatable bonds is 3. The number of piperidine rings is 1. The third-order valence-corrected chi connectivity index (χ3v) is 4.48. The highest BCUT2D eigenvalue weighted by Gasteiger charge is 2.34. The number of benzene rings is 1. The highest BCUT2D eigenvalue weighted by atomic mass is 79.9. The van der Waals surface area contributed by atoms with E-state index in [-0.39, 0.29) is 12.0 Å². The molecule has 1 fully saturated rings. The van der Waals surface area contributed by atoms with Crippen LogP contribution in [0.5, 0.6) is 0 Å². The SMILES string of the molecule is CN1CCCC(CO)(Cc2ccccc2Br)C1. The zero-order valence-corrected chi connectivity index (χ0v) is 11.9. The Morgan fingerprint density at radius 3 is 2.82 bits per heavy atom. The van der Waals surface area contributed by atoms with Crippen molar-refractivity contribution >= 4 is 15.9 Å². The molecule has 94 valence electrons. The predicted molar refractivity (Wildman–Crippen MR) is 74.1 cm³/mol. The van der Waals surface area contributed by atoms with Crippen LogP contribution in [0, 0.1) is 5.41 Å². The molecule has 2 rings (SSSR count). The molecular formula is C14H20BrNO. The molecule has 1 aliphatic rings. The molecule has 0 spiro atoms. The van der Waals surface area contributed by atoms with Gasteiger partial charge in [0.2, 0.25) is 0 Å². The normalized spacial score (nSPS) is 26.1. The van der Waals surface area contributed by atoms with Gasteiger partial charge in [0.25, 0.3) is 0 Å². The summed E-state index contributed by atoms with van der Waals surface area (Å²) in [6.07, 6.45) is 3.26. The fraction of sp³-hybridized carbons (Fsp3) is 0.571. The third kappa shape index (κ3) is 3.09. The Bertz CT molecular complexity index is 382. The maximum atomic E-state index is 9.77. The minimum atomic E-state index is 0.0386. The Morgan fingerprint density at radius 2 is 2.18 bits per heavy atom. The lowest BCUT2D eigenvalue weighted by Gasteiger charge is -2.40. The van der Waals surface area contributed by atoms with Crippen LogP contribution in [0.1, 0.15) is 18.4 Å². The Kier molecular flexibility index (Phi) is 4.23. The van der Waals surface area contributed by atoms with E-state index in [1.165, 1.54) is 12.0 Å². The van der Waals surface area contributed by atoms with Gasteiger partial charge in [-0.25, -0.2) is 0 Å². The van der Waals surface area contributed by atoms with Crippen molar-refractivity contribution in [2.45, 2.75) is 19.3 Å². The second-order valence-electron chi connectivity index (χ2n) is 5.27. The van der Waals surface area contributed by atoms with Gasteiger partial charge in [-0.05, 0) is 44.5 Å². The Labute approximate surface area is 112 Å². The fourth-order valence-electron chi connectivity index (χ4n) is 2.83. The molecule has 1 N–H and O–H groups in total. The first kappa shape index (κ1) is 13.1. The van der Waals surface area contributed by atoms with Crippen molar-refractivity contribution in [1.29, 1.82) is 0 Å². The number of nitrogens with zero attached hydrogens (tertiary/aromatic N) is 1. The molecular weight excluding hydrogens is 278 g/mol. The van der Waals surface area contributed by atoms with E-state index in [1.54, 1.807) is 0 Å². The minimum Gasteiger partial charge on any atom is -0.396 e.